The Bertz CT molecular complexity index is 1020. The molecule has 1 fully saturated rings. The topological polar surface area (TPSA) is 118 Å². The summed E-state index contributed by atoms with van der Waals surface area (Å²) in [4.78, 5) is 36.7. The molecular formula is C26H34N4O5S. The number of benzene rings is 2. The largest absolute Gasteiger partial charge is 0.493 e. The lowest BCUT2D eigenvalue weighted by atomic mass is 10.1. The second kappa shape index (κ2) is 14.4. The molecule has 1 aliphatic heterocycles. The fraction of sp³-hybridized carbons (Fsp3) is 0.423. The van der Waals surface area contributed by atoms with Crippen LogP contribution in [0.2, 0.25) is 0 Å². The highest BCUT2D eigenvalue weighted by molar-refractivity contribution is 8.00. The zero-order chi connectivity index (χ0) is 25.8. The summed E-state index contributed by atoms with van der Waals surface area (Å²) in [6, 6.07) is 15.3. The summed E-state index contributed by atoms with van der Waals surface area (Å²) in [5.74, 6) is 1.12. The van der Waals surface area contributed by atoms with Crippen LogP contribution < -0.4 is 30.7 Å². The van der Waals surface area contributed by atoms with Gasteiger partial charge < -0.3 is 25.4 Å². The molecule has 2 atom stereocenters. The van der Waals surface area contributed by atoms with Crippen molar-refractivity contribution in [1.82, 2.24) is 21.3 Å². The maximum atomic E-state index is 12.3. The monoisotopic (exact) mass is 514 g/mol. The van der Waals surface area contributed by atoms with Crippen molar-refractivity contribution >= 4 is 29.5 Å². The maximum absolute atomic E-state index is 12.3. The molecule has 1 aliphatic rings. The van der Waals surface area contributed by atoms with Crippen LogP contribution in [0.3, 0.4) is 0 Å². The Kier molecular flexibility index (Phi) is 10.9. The normalized spacial score (nSPS) is 17.1. The van der Waals surface area contributed by atoms with Gasteiger partial charge in [0.15, 0.2) is 11.5 Å². The fourth-order valence-corrected chi connectivity index (χ4v) is 4.77. The Hall–Kier alpha value is -3.24. The zero-order valence-corrected chi connectivity index (χ0v) is 21.5. The second-order valence-electron chi connectivity index (χ2n) is 8.41. The van der Waals surface area contributed by atoms with Crippen LogP contribution in [0.4, 0.5) is 0 Å². The highest BCUT2D eigenvalue weighted by Gasteiger charge is 2.28. The Morgan fingerprint density at radius 1 is 0.944 bits per heavy atom. The Morgan fingerprint density at radius 3 is 2.36 bits per heavy atom. The summed E-state index contributed by atoms with van der Waals surface area (Å²) >= 11 is 1.29. The van der Waals surface area contributed by atoms with Gasteiger partial charge in [-0.15, -0.1) is 11.8 Å². The van der Waals surface area contributed by atoms with E-state index in [9.17, 15) is 14.4 Å². The van der Waals surface area contributed by atoms with E-state index in [1.807, 2.05) is 48.5 Å². The molecular weight excluding hydrogens is 480 g/mol. The molecule has 2 aromatic carbocycles. The first kappa shape index (κ1) is 27.3. The van der Waals surface area contributed by atoms with E-state index in [1.54, 1.807) is 14.2 Å². The number of thioether (sulfide) groups is 1. The number of amides is 3. The van der Waals surface area contributed by atoms with Gasteiger partial charge in [0.05, 0.1) is 20.0 Å². The molecule has 194 valence electrons. The number of methoxy groups -OCH3 is 2. The minimum Gasteiger partial charge on any atom is -0.493 e. The third-order valence-electron chi connectivity index (χ3n) is 5.69. The van der Waals surface area contributed by atoms with Crippen molar-refractivity contribution in [2.45, 2.75) is 37.2 Å². The van der Waals surface area contributed by atoms with Crippen molar-refractivity contribution in [1.29, 1.82) is 0 Å². The minimum atomic E-state index is -0.426. The number of carbonyl (C=O) groups is 3. The lowest BCUT2D eigenvalue weighted by molar-refractivity contribution is -0.125. The van der Waals surface area contributed by atoms with Gasteiger partial charge in [0, 0.05) is 32.0 Å². The average Bonchev–Trinajstić information content (AvgIpc) is 2.87. The number of nitrogens with one attached hydrogen (secondary N) is 4. The van der Waals surface area contributed by atoms with Crippen LogP contribution in [0.5, 0.6) is 11.5 Å². The third-order valence-corrected chi connectivity index (χ3v) is 6.70. The molecule has 4 N–H and O–H groups in total. The molecule has 3 rings (SSSR count). The Labute approximate surface area is 216 Å². The summed E-state index contributed by atoms with van der Waals surface area (Å²) in [5, 5.41) is 11.9. The van der Waals surface area contributed by atoms with Crippen molar-refractivity contribution < 1.29 is 23.9 Å². The van der Waals surface area contributed by atoms with E-state index in [0.29, 0.717) is 31.0 Å². The van der Waals surface area contributed by atoms with Crippen LogP contribution in [0.25, 0.3) is 0 Å². The van der Waals surface area contributed by atoms with Gasteiger partial charge in [-0.2, -0.15) is 0 Å². The molecule has 9 nitrogen and oxygen atoms in total. The van der Waals surface area contributed by atoms with Crippen LogP contribution in [0, 0.1) is 0 Å². The lowest BCUT2D eigenvalue weighted by Gasteiger charge is -2.30. The molecule has 1 heterocycles. The van der Waals surface area contributed by atoms with Gasteiger partial charge in [0.1, 0.15) is 5.50 Å². The molecule has 0 aromatic heterocycles. The van der Waals surface area contributed by atoms with Gasteiger partial charge in [-0.25, -0.2) is 0 Å². The molecule has 0 saturated carbocycles. The predicted molar refractivity (Wildman–Crippen MR) is 140 cm³/mol. The van der Waals surface area contributed by atoms with Crippen LogP contribution in [-0.4, -0.2) is 62.3 Å². The van der Waals surface area contributed by atoms with E-state index in [4.69, 9.17) is 9.47 Å². The van der Waals surface area contributed by atoms with Crippen molar-refractivity contribution in [2.75, 3.05) is 33.1 Å². The smallest absolute Gasteiger partial charge is 0.230 e. The molecule has 2 unspecified atom stereocenters. The van der Waals surface area contributed by atoms with Gasteiger partial charge in [-0.05, 0) is 36.1 Å². The minimum absolute atomic E-state index is 0.102. The predicted octanol–water partition coefficient (Wildman–Crippen LogP) is 1.61. The van der Waals surface area contributed by atoms with Crippen molar-refractivity contribution in [3.05, 3.63) is 59.7 Å². The van der Waals surface area contributed by atoms with Gasteiger partial charge in [0.2, 0.25) is 17.7 Å². The first-order valence-corrected chi connectivity index (χ1v) is 13.0. The molecule has 10 heteroatoms. The molecule has 1 saturated heterocycles. The number of rotatable bonds is 13. The summed E-state index contributed by atoms with van der Waals surface area (Å²) in [6.07, 6.45) is 1.83. The highest BCUT2D eigenvalue weighted by atomic mass is 32.2. The summed E-state index contributed by atoms with van der Waals surface area (Å²) in [7, 11) is 3.17. The third kappa shape index (κ3) is 9.09. The average molecular weight is 515 g/mol. The van der Waals surface area contributed by atoms with E-state index < -0.39 is 5.50 Å². The van der Waals surface area contributed by atoms with Gasteiger partial charge >= 0.3 is 0 Å². The van der Waals surface area contributed by atoms with Gasteiger partial charge in [-0.1, -0.05) is 36.4 Å². The van der Waals surface area contributed by atoms with Crippen LogP contribution in [0.15, 0.2) is 48.5 Å². The Balaban J connectivity index is 1.34. The number of carbonyl (C=O) groups excluding carboxylic acids is 3. The standard InChI is InChI=1S/C26H34N4O5S/c1-34-21-9-8-19(14-22(21)35-2)11-13-28-25(33)17-36-26-29-20(16-24(32)30-26)15-23(31)27-12-10-18-6-4-3-5-7-18/h3-9,14,20,26,29H,10-13,15-17H2,1-2H3,(H,27,31)(H,28,33)(H,30,32). The van der Waals surface area contributed by atoms with Crippen molar-refractivity contribution in [3.8, 4) is 11.5 Å². The highest BCUT2D eigenvalue weighted by Crippen LogP contribution is 2.27. The van der Waals surface area contributed by atoms with Crippen LogP contribution >= 0.6 is 11.8 Å². The zero-order valence-electron chi connectivity index (χ0n) is 20.7. The molecule has 3 amide bonds. The summed E-state index contributed by atoms with van der Waals surface area (Å²) in [6.45, 7) is 1.02. The number of hydrogen-bond donors (Lipinski definition) is 4. The molecule has 0 aliphatic carbocycles. The number of ether oxygens (including phenoxy) is 2. The fourth-order valence-electron chi connectivity index (χ4n) is 3.84. The van der Waals surface area contributed by atoms with Gasteiger partial charge in [-0.3, -0.25) is 19.7 Å². The van der Waals surface area contributed by atoms with Crippen LogP contribution in [-0.2, 0) is 27.2 Å². The quantitative estimate of drug-likeness (QED) is 0.321. The summed E-state index contributed by atoms with van der Waals surface area (Å²) < 4.78 is 10.5. The lowest BCUT2D eigenvalue weighted by Crippen LogP contribution is -2.56. The second-order valence-corrected chi connectivity index (χ2v) is 9.50. The molecule has 2 aromatic rings. The first-order chi connectivity index (χ1) is 17.5. The van der Waals surface area contributed by atoms with E-state index in [-0.39, 0.29) is 42.4 Å². The summed E-state index contributed by atoms with van der Waals surface area (Å²) in [5.41, 5.74) is 1.75. The molecule has 0 spiro atoms. The van der Waals surface area contributed by atoms with E-state index in [2.05, 4.69) is 21.3 Å². The van der Waals surface area contributed by atoms with E-state index in [1.165, 1.54) is 11.8 Å². The SMILES string of the molecule is COc1ccc(CCNC(=O)CSC2NC(=O)CC(CC(=O)NCCc3ccccc3)N2)cc1OC. The molecule has 0 radical (unpaired) electrons. The Morgan fingerprint density at radius 2 is 1.64 bits per heavy atom. The van der Waals surface area contributed by atoms with Crippen LogP contribution in [0.1, 0.15) is 24.0 Å². The van der Waals surface area contributed by atoms with Gasteiger partial charge in [0.25, 0.3) is 0 Å². The molecule has 0 bridgehead atoms. The van der Waals surface area contributed by atoms with Crippen molar-refractivity contribution in [3.63, 3.8) is 0 Å². The first-order valence-electron chi connectivity index (χ1n) is 11.9. The maximum Gasteiger partial charge on any atom is 0.230 e. The number of hydrogen-bond acceptors (Lipinski definition) is 7. The van der Waals surface area contributed by atoms with E-state index >= 15 is 0 Å². The molecule has 36 heavy (non-hydrogen) atoms. The van der Waals surface area contributed by atoms with E-state index in [0.717, 1.165) is 17.5 Å². The van der Waals surface area contributed by atoms with Crippen molar-refractivity contribution in [2.24, 2.45) is 0 Å².